The van der Waals surface area contributed by atoms with Crippen molar-refractivity contribution in [3.8, 4) is 22.6 Å². The first kappa shape index (κ1) is 21.2. The van der Waals surface area contributed by atoms with Gasteiger partial charge in [0.1, 0.15) is 0 Å². The second-order valence-electron chi connectivity index (χ2n) is 8.20. The molecule has 5 nitrogen and oxygen atoms in total. The molecule has 0 amide bonds. The van der Waals surface area contributed by atoms with Crippen LogP contribution in [0.5, 0.6) is 0 Å². The third kappa shape index (κ3) is 4.67. The molecule has 1 aliphatic rings. The zero-order chi connectivity index (χ0) is 22.0. The van der Waals surface area contributed by atoms with Gasteiger partial charge in [-0.3, -0.25) is 9.69 Å². The zero-order valence-electron chi connectivity index (χ0n) is 18.5. The van der Waals surface area contributed by atoms with Crippen LogP contribution < -0.4 is 0 Å². The molecule has 0 spiro atoms. The van der Waals surface area contributed by atoms with Gasteiger partial charge < -0.3 is 4.42 Å². The molecule has 0 saturated heterocycles. The van der Waals surface area contributed by atoms with Crippen molar-refractivity contribution in [3.05, 3.63) is 71.6 Å². The Labute approximate surface area is 183 Å². The molecule has 0 aliphatic heterocycles. The molecule has 1 saturated carbocycles. The van der Waals surface area contributed by atoms with E-state index in [0.717, 1.165) is 53.8 Å². The number of rotatable bonds is 9. The van der Waals surface area contributed by atoms with Gasteiger partial charge in [-0.25, -0.2) is 0 Å². The standard InChI is InChI=1S/C26H29N3O2/c1-5-29(6-2)16-24-27-28-26(31-24)21-13-11-20(12-14-21)23-15-22(8-7-17(23)3)25(30)18(4)19-9-10-19/h7-8,11-15,19H,4-6,9-10,16H2,1-3H3. The highest BCUT2D eigenvalue weighted by Crippen LogP contribution is 2.37. The fourth-order valence-corrected chi connectivity index (χ4v) is 3.74. The van der Waals surface area contributed by atoms with E-state index in [0.29, 0.717) is 29.8 Å². The predicted octanol–water partition coefficient (Wildman–Crippen LogP) is 5.70. The van der Waals surface area contributed by atoms with Gasteiger partial charge in [0, 0.05) is 11.1 Å². The Morgan fingerprint density at radius 1 is 1.06 bits per heavy atom. The topological polar surface area (TPSA) is 59.2 Å². The van der Waals surface area contributed by atoms with Crippen LogP contribution >= 0.6 is 0 Å². The number of aromatic nitrogens is 2. The van der Waals surface area contributed by atoms with Crippen LogP contribution in [0.25, 0.3) is 22.6 Å². The minimum Gasteiger partial charge on any atom is -0.419 e. The number of hydrogen-bond acceptors (Lipinski definition) is 5. The summed E-state index contributed by atoms with van der Waals surface area (Å²) in [6.45, 7) is 12.9. The molecule has 0 unspecified atom stereocenters. The van der Waals surface area contributed by atoms with Crippen molar-refractivity contribution in [1.29, 1.82) is 0 Å². The summed E-state index contributed by atoms with van der Waals surface area (Å²) in [4.78, 5) is 15.0. The number of Topliss-reactive ketones (excluding diaryl/α,β-unsaturated/α-hetero) is 1. The van der Waals surface area contributed by atoms with Gasteiger partial charge in [-0.2, -0.15) is 0 Å². The first-order chi connectivity index (χ1) is 15.0. The molecule has 31 heavy (non-hydrogen) atoms. The monoisotopic (exact) mass is 415 g/mol. The summed E-state index contributed by atoms with van der Waals surface area (Å²) in [5.74, 6) is 1.58. The molecule has 5 heteroatoms. The molecule has 1 aromatic heterocycles. The average Bonchev–Trinajstić information content (AvgIpc) is 3.55. The van der Waals surface area contributed by atoms with Crippen LogP contribution in [0, 0.1) is 12.8 Å². The first-order valence-corrected chi connectivity index (χ1v) is 11.0. The molecule has 1 aliphatic carbocycles. The quantitative estimate of drug-likeness (QED) is 0.331. The molecule has 1 fully saturated rings. The normalized spacial score (nSPS) is 13.5. The maximum Gasteiger partial charge on any atom is 0.247 e. The van der Waals surface area contributed by atoms with Crippen molar-refractivity contribution in [2.24, 2.45) is 5.92 Å². The largest absolute Gasteiger partial charge is 0.419 e. The van der Waals surface area contributed by atoms with Gasteiger partial charge in [0.15, 0.2) is 5.78 Å². The van der Waals surface area contributed by atoms with E-state index in [4.69, 9.17) is 4.42 Å². The van der Waals surface area contributed by atoms with Gasteiger partial charge >= 0.3 is 0 Å². The summed E-state index contributed by atoms with van der Waals surface area (Å²) in [7, 11) is 0. The Morgan fingerprint density at radius 2 is 1.74 bits per heavy atom. The summed E-state index contributed by atoms with van der Waals surface area (Å²) in [6, 6.07) is 13.9. The van der Waals surface area contributed by atoms with E-state index in [-0.39, 0.29) is 5.78 Å². The number of carbonyl (C=O) groups is 1. The lowest BCUT2D eigenvalue weighted by Gasteiger charge is -2.14. The first-order valence-electron chi connectivity index (χ1n) is 11.0. The summed E-state index contributed by atoms with van der Waals surface area (Å²) < 4.78 is 5.86. The van der Waals surface area contributed by atoms with Crippen LogP contribution in [0.3, 0.4) is 0 Å². The Morgan fingerprint density at radius 3 is 2.39 bits per heavy atom. The Kier molecular flexibility index (Phi) is 6.14. The van der Waals surface area contributed by atoms with Crippen molar-refractivity contribution >= 4 is 5.78 Å². The molecular weight excluding hydrogens is 386 g/mol. The van der Waals surface area contributed by atoms with Gasteiger partial charge in [0.25, 0.3) is 0 Å². The fraction of sp³-hybridized carbons (Fsp3) is 0.346. The third-order valence-electron chi connectivity index (χ3n) is 6.02. The molecule has 2 aromatic carbocycles. The Balaban J connectivity index is 1.54. The van der Waals surface area contributed by atoms with Crippen molar-refractivity contribution in [1.82, 2.24) is 15.1 Å². The maximum atomic E-state index is 12.8. The lowest BCUT2D eigenvalue weighted by molar-refractivity contribution is 0.102. The third-order valence-corrected chi connectivity index (χ3v) is 6.02. The van der Waals surface area contributed by atoms with Crippen LogP contribution in [-0.2, 0) is 6.54 Å². The number of aryl methyl sites for hydroxylation is 1. The van der Waals surface area contributed by atoms with E-state index in [1.807, 2.05) is 42.5 Å². The van der Waals surface area contributed by atoms with Gasteiger partial charge in [-0.15, -0.1) is 10.2 Å². The highest BCUT2D eigenvalue weighted by atomic mass is 16.4. The summed E-state index contributed by atoms with van der Waals surface area (Å²) in [5, 5.41) is 8.40. The van der Waals surface area contributed by atoms with E-state index < -0.39 is 0 Å². The Bertz CT molecular complexity index is 1090. The van der Waals surface area contributed by atoms with Crippen molar-refractivity contribution in [2.75, 3.05) is 13.1 Å². The van der Waals surface area contributed by atoms with Crippen LogP contribution in [0.1, 0.15) is 48.5 Å². The lowest BCUT2D eigenvalue weighted by Crippen LogP contribution is -2.22. The zero-order valence-corrected chi connectivity index (χ0v) is 18.5. The van der Waals surface area contributed by atoms with Crippen molar-refractivity contribution < 1.29 is 9.21 Å². The molecule has 0 bridgehead atoms. The predicted molar refractivity (Wildman–Crippen MR) is 123 cm³/mol. The second-order valence-corrected chi connectivity index (χ2v) is 8.20. The van der Waals surface area contributed by atoms with Crippen LogP contribution in [-0.4, -0.2) is 34.0 Å². The van der Waals surface area contributed by atoms with Gasteiger partial charge in [-0.05, 0) is 79.2 Å². The van der Waals surface area contributed by atoms with Crippen LogP contribution in [0.2, 0.25) is 0 Å². The van der Waals surface area contributed by atoms with E-state index in [1.54, 1.807) is 0 Å². The number of carbonyl (C=O) groups excluding carboxylic acids is 1. The van der Waals surface area contributed by atoms with Gasteiger partial charge in [0.2, 0.25) is 11.8 Å². The van der Waals surface area contributed by atoms with E-state index in [1.165, 1.54) is 0 Å². The summed E-state index contributed by atoms with van der Waals surface area (Å²) in [5.41, 5.74) is 5.56. The number of benzene rings is 2. The lowest BCUT2D eigenvalue weighted by atomic mass is 9.93. The molecular formula is C26H29N3O2. The number of ketones is 1. The van der Waals surface area contributed by atoms with Crippen LogP contribution in [0.15, 0.2) is 59.0 Å². The molecule has 1 heterocycles. The molecule has 3 aromatic rings. The molecule has 4 rings (SSSR count). The van der Waals surface area contributed by atoms with Gasteiger partial charge in [0.05, 0.1) is 6.54 Å². The maximum absolute atomic E-state index is 12.8. The van der Waals surface area contributed by atoms with Crippen molar-refractivity contribution in [2.45, 2.75) is 40.2 Å². The highest BCUT2D eigenvalue weighted by Gasteiger charge is 2.29. The van der Waals surface area contributed by atoms with E-state index in [9.17, 15) is 4.79 Å². The average molecular weight is 416 g/mol. The molecule has 0 atom stereocenters. The molecule has 160 valence electrons. The number of nitrogens with zero attached hydrogens (tertiary/aromatic N) is 3. The number of allylic oxidation sites excluding steroid dienone is 1. The summed E-state index contributed by atoms with van der Waals surface area (Å²) >= 11 is 0. The fourth-order valence-electron chi connectivity index (χ4n) is 3.74. The van der Waals surface area contributed by atoms with Gasteiger partial charge in [-0.1, -0.05) is 44.7 Å². The SMILES string of the molecule is C=C(C(=O)c1ccc(C)c(-c2ccc(-c3nnc(CN(CC)CC)o3)cc2)c1)C1CC1. The van der Waals surface area contributed by atoms with E-state index >= 15 is 0 Å². The smallest absolute Gasteiger partial charge is 0.247 e. The molecule has 0 radical (unpaired) electrons. The number of hydrogen-bond donors (Lipinski definition) is 0. The summed E-state index contributed by atoms with van der Waals surface area (Å²) in [6.07, 6.45) is 2.16. The highest BCUT2D eigenvalue weighted by molar-refractivity contribution is 6.09. The van der Waals surface area contributed by atoms with Crippen molar-refractivity contribution in [3.63, 3.8) is 0 Å². The minimum atomic E-state index is 0.0620. The van der Waals surface area contributed by atoms with E-state index in [2.05, 4.69) is 42.4 Å². The van der Waals surface area contributed by atoms with Crippen LogP contribution in [0.4, 0.5) is 0 Å². The minimum absolute atomic E-state index is 0.0620. The Hall–Kier alpha value is -3.05. The molecule has 0 N–H and O–H groups in total. The second kappa shape index (κ2) is 8.98.